The number of aryl methyl sites for hydroxylation is 1. The topological polar surface area (TPSA) is 54.0 Å². The first-order valence-electron chi connectivity index (χ1n) is 11.0. The Bertz CT molecular complexity index is 1480. The Hall–Kier alpha value is -2.44. The Balaban J connectivity index is 0.00000289. The highest BCUT2D eigenvalue weighted by Crippen LogP contribution is 2.35. The van der Waals surface area contributed by atoms with Crippen molar-refractivity contribution in [3.63, 3.8) is 0 Å². The van der Waals surface area contributed by atoms with Crippen LogP contribution < -0.4 is 5.62 Å². The van der Waals surface area contributed by atoms with Gasteiger partial charge in [0.1, 0.15) is 6.54 Å². The number of rotatable bonds is 4. The number of hydrogen-bond acceptors (Lipinski definition) is 2. The number of carbonyl (C=O) groups is 1. The van der Waals surface area contributed by atoms with Crippen LogP contribution in [0.3, 0.4) is 0 Å². The largest absolute Gasteiger partial charge is 0.333 e. The Morgan fingerprint density at radius 1 is 1.00 bits per heavy atom. The summed E-state index contributed by atoms with van der Waals surface area (Å²) in [4.78, 5) is 15.6. The zero-order valence-corrected chi connectivity index (χ0v) is 22.1. The molecule has 1 amide bonds. The second kappa shape index (κ2) is 10.3. The number of para-hydroxylation sites is 2. The first-order valence-corrected chi connectivity index (χ1v) is 12.2. The zero-order chi connectivity index (χ0) is 24.0. The van der Waals surface area contributed by atoms with Gasteiger partial charge < -0.3 is 14.0 Å². The van der Waals surface area contributed by atoms with Crippen LogP contribution in [-0.2, 0) is 31.2 Å². The second-order valence-electron chi connectivity index (χ2n) is 8.61. The van der Waals surface area contributed by atoms with Gasteiger partial charge in [-0.2, -0.15) is 0 Å². The molecule has 0 bridgehead atoms. The molecule has 5 rings (SSSR count). The van der Waals surface area contributed by atoms with Crippen molar-refractivity contribution in [3.05, 3.63) is 98.0 Å². The van der Waals surface area contributed by atoms with E-state index in [4.69, 9.17) is 40.2 Å². The van der Waals surface area contributed by atoms with Crippen molar-refractivity contribution in [1.82, 2.24) is 14.0 Å². The van der Waals surface area contributed by atoms with Gasteiger partial charge in [-0.15, -0.1) is 12.4 Å². The van der Waals surface area contributed by atoms with E-state index in [2.05, 4.69) is 0 Å². The summed E-state index contributed by atoms with van der Waals surface area (Å²) in [6.07, 6.45) is 1.34. The average Bonchev–Trinajstić information content (AvgIpc) is 3.06. The van der Waals surface area contributed by atoms with E-state index in [9.17, 15) is 4.79 Å². The molecule has 0 aliphatic carbocycles. The molecule has 1 aliphatic rings. The summed E-state index contributed by atoms with van der Waals surface area (Å²) in [5, 5.41) is 10.2. The minimum Gasteiger partial charge on any atom is -0.333 e. The molecule has 5 nitrogen and oxygen atoms in total. The summed E-state index contributed by atoms with van der Waals surface area (Å²) in [6.45, 7) is 0.687. The van der Waals surface area contributed by atoms with E-state index >= 15 is 0 Å². The maximum Gasteiger partial charge on any atom is 0.243 e. The van der Waals surface area contributed by atoms with Crippen molar-refractivity contribution < 1.29 is 4.79 Å². The molecule has 2 heterocycles. The third kappa shape index (κ3) is 4.83. The van der Waals surface area contributed by atoms with Crippen LogP contribution in [0.2, 0.25) is 15.1 Å². The highest BCUT2D eigenvalue weighted by atomic mass is 35.5. The van der Waals surface area contributed by atoms with Crippen molar-refractivity contribution in [2.45, 2.75) is 25.4 Å². The standard InChI is InChI=1S/C26H23Cl3N4O.ClH/c1-31-22-4-2-3-5-23(22)33(26(31)30)15-25(34)32-11-10-17-7-8-18(27)14-19(17)24(32)13-16-6-9-20(28)21(29)12-16;/h2-9,12,14,24,30H,10-11,13,15H2,1H3;1H. The molecule has 1 atom stereocenters. The summed E-state index contributed by atoms with van der Waals surface area (Å²) in [5.74, 6) is -0.0365. The number of nitrogens with one attached hydrogen (secondary N) is 1. The number of aromatic nitrogens is 2. The van der Waals surface area contributed by atoms with Gasteiger partial charge in [-0.1, -0.05) is 59.1 Å². The number of hydrogen-bond donors (Lipinski definition) is 1. The summed E-state index contributed by atoms with van der Waals surface area (Å²) in [7, 11) is 1.85. The lowest BCUT2D eigenvalue weighted by Crippen LogP contribution is -2.43. The van der Waals surface area contributed by atoms with E-state index in [-0.39, 0.29) is 36.5 Å². The molecule has 3 aromatic carbocycles. The van der Waals surface area contributed by atoms with Crippen LogP contribution in [0.5, 0.6) is 0 Å². The average molecular weight is 550 g/mol. The molecule has 0 spiro atoms. The Morgan fingerprint density at radius 3 is 2.49 bits per heavy atom. The smallest absolute Gasteiger partial charge is 0.243 e. The van der Waals surface area contributed by atoms with Crippen molar-refractivity contribution in [3.8, 4) is 0 Å². The Kier molecular flexibility index (Phi) is 7.53. The fourth-order valence-electron chi connectivity index (χ4n) is 4.85. The summed E-state index contributed by atoms with van der Waals surface area (Å²) >= 11 is 18.8. The Morgan fingerprint density at radius 2 is 1.74 bits per heavy atom. The lowest BCUT2D eigenvalue weighted by molar-refractivity contribution is -0.134. The molecular weight excluding hydrogens is 526 g/mol. The molecule has 35 heavy (non-hydrogen) atoms. The van der Waals surface area contributed by atoms with E-state index in [1.54, 1.807) is 15.2 Å². The lowest BCUT2D eigenvalue weighted by Gasteiger charge is -2.38. The van der Waals surface area contributed by atoms with Gasteiger partial charge in [0.15, 0.2) is 0 Å². The van der Waals surface area contributed by atoms with Crippen LogP contribution in [0.25, 0.3) is 11.0 Å². The van der Waals surface area contributed by atoms with Crippen LogP contribution in [0.1, 0.15) is 22.7 Å². The number of amides is 1. The highest BCUT2D eigenvalue weighted by Gasteiger charge is 2.31. The van der Waals surface area contributed by atoms with Crippen molar-refractivity contribution in [1.29, 1.82) is 5.41 Å². The first kappa shape index (κ1) is 25.6. The van der Waals surface area contributed by atoms with Gasteiger partial charge >= 0.3 is 0 Å². The number of carbonyl (C=O) groups excluding carboxylic acids is 1. The van der Waals surface area contributed by atoms with E-state index in [0.29, 0.717) is 28.0 Å². The van der Waals surface area contributed by atoms with E-state index in [1.807, 2.05) is 66.5 Å². The van der Waals surface area contributed by atoms with Crippen LogP contribution in [0.4, 0.5) is 0 Å². The predicted molar refractivity (Wildman–Crippen MR) is 144 cm³/mol. The maximum atomic E-state index is 13.7. The summed E-state index contributed by atoms with van der Waals surface area (Å²) in [5.41, 5.74) is 5.30. The highest BCUT2D eigenvalue weighted by molar-refractivity contribution is 6.42. The van der Waals surface area contributed by atoms with Crippen molar-refractivity contribution >= 4 is 64.2 Å². The van der Waals surface area contributed by atoms with Gasteiger partial charge in [0.2, 0.25) is 11.5 Å². The minimum absolute atomic E-state index is 0. The molecule has 0 saturated heterocycles. The monoisotopic (exact) mass is 548 g/mol. The third-order valence-electron chi connectivity index (χ3n) is 6.60. The molecule has 1 unspecified atom stereocenters. The first-order chi connectivity index (χ1) is 16.3. The quantitative estimate of drug-likeness (QED) is 0.323. The third-order valence-corrected chi connectivity index (χ3v) is 7.57. The predicted octanol–water partition coefficient (Wildman–Crippen LogP) is 6.21. The fourth-order valence-corrected chi connectivity index (χ4v) is 5.35. The maximum absolute atomic E-state index is 13.7. The van der Waals surface area contributed by atoms with Crippen LogP contribution in [-0.4, -0.2) is 26.5 Å². The molecule has 182 valence electrons. The molecule has 1 aliphatic heterocycles. The summed E-state index contributed by atoms with van der Waals surface area (Å²) < 4.78 is 3.56. The minimum atomic E-state index is -0.197. The normalized spacial score (nSPS) is 15.1. The van der Waals surface area contributed by atoms with Gasteiger partial charge in [-0.25, -0.2) is 0 Å². The number of nitrogens with zero attached hydrogens (tertiary/aromatic N) is 3. The molecule has 0 saturated carbocycles. The zero-order valence-electron chi connectivity index (χ0n) is 19.0. The van der Waals surface area contributed by atoms with Crippen molar-refractivity contribution in [2.24, 2.45) is 7.05 Å². The molecule has 0 fully saturated rings. The SMILES string of the molecule is Cl.Cn1c(=N)n(CC(=O)N2CCc3ccc(Cl)cc3C2Cc2ccc(Cl)c(Cl)c2)c2ccccc21. The van der Waals surface area contributed by atoms with Gasteiger partial charge in [-0.3, -0.25) is 10.2 Å². The molecule has 1 aromatic heterocycles. The second-order valence-corrected chi connectivity index (χ2v) is 9.86. The molecule has 0 radical (unpaired) electrons. The molecule has 9 heteroatoms. The van der Waals surface area contributed by atoms with Crippen LogP contribution in [0, 0.1) is 5.41 Å². The fraction of sp³-hybridized carbons (Fsp3) is 0.231. The number of benzene rings is 3. The van der Waals surface area contributed by atoms with Crippen LogP contribution >= 0.6 is 47.2 Å². The van der Waals surface area contributed by atoms with Gasteiger partial charge in [0.05, 0.1) is 27.1 Å². The lowest BCUT2D eigenvalue weighted by atomic mass is 9.88. The van der Waals surface area contributed by atoms with Crippen LogP contribution in [0.15, 0.2) is 60.7 Å². The van der Waals surface area contributed by atoms with Gasteiger partial charge in [0, 0.05) is 18.6 Å². The molecular formula is C26H24Cl4N4O. The van der Waals surface area contributed by atoms with Crippen molar-refractivity contribution in [2.75, 3.05) is 6.54 Å². The van der Waals surface area contributed by atoms with Gasteiger partial charge in [0.25, 0.3) is 0 Å². The number of imidazole rings is 1. The van der Waals surface area contributed by atoms with E-state index in [0.717, 1.165) is 28.6 Å². The molecule has 1 N–H and O–H groups in total. The molecule has 4 aromatic rings. The number of halogens is 4. The number of fused-ring (bicyclic) bond motifs is 2. The van der Waals surface area contributed by atoms with Gasteiger partial charge in [-0.05, 0) is 65.9 Å². The van der Waals surface area contributed by atoms with E-state index < -0.39 is 0 Å². The van der Waals surface area contributed by atoms with E-state index in [1.165, 1.54) is 5.56 Å². The Labute approximate surface area is 224 Å². The summed E-state index contributed by atoms with van der Waals surface area (Å²) in [6, 6.07) is 19.0.